The molecule has 3 atom stereocenters. The van der Waals surface area contributed by atoms with Crippen LogP contribution in [0.25, 0.3) is 0 Å². The van der Waals surface area contributed by atoms with Crippen LogP contribution in [0.5, 0.6) is 11.5 Å². The number of hydrogen-bond donors (Lipinski definition) is 1. The summed E-state index contributed by atoms with van der Waals surface area (Å²) in [6, 6.07) is 8.49. The van der Waals surface area contributed by atoms with Gasteiger partial charge in [-0.15, -0.1) is 0 Å². The monoisotopic (exact) mass is 263 g/mol. The van der Waals surface area contributed by atoms with Gasteiger partial charge in [0.05, 0.1) is 6.61 Å². The van der Waals surface area contributed by atoms with Gasteiger partial charge in [-0.05, 0) is 44.7 Å². The Hall–Kier alpha value is -1.22. The minimum Gasteiger partial charge on any atom is -0.494 e. The average Bonchev–Trinajstić information content (AvgIpc) is 2.44. The van der Waals surface area contributed by atoms with Crippen LogP contribution in [0.3, 0.4) is 0 Å². The number of rotatable bonds is 6. The molecule has 3 nitrogen and oxygen atoms in total. The summed E-state index contributed by atoms with van der Waals surface area (Å²) in [5, 5.41) is 3.38. The summed E-state index contributed by atoms with van der Waals surface area (Å²) < 4.78 is 11.6. The summed E-state index contributed by atoms with van der Waals surface area (Å²) >= 11 is 0. The molecule has 3 unspecified atom stereocenters. The highest BCUT2D eigenvalue weighted by Gasteiger charge is 2.51. The van der Waals surface area contributed by atoms with E-state index in [0.29, 0.717) is 18.8 Å². The summed E-state index contributed by atoms with van der Waals surface area (Å²) in [5.41, 5.74) is 0.230. The van der Waals surface area contributed by atoms with Crippen molar-refractivity contribution >= 4 is 0 Å². The average molecular weight is 263 g/mol. The van der Waals surface area contributed by atoms with E-state index in [2.05, 4.69) is 19.2 Å². The second-order valence-corrected chi connectivity index (χ2v) is 5.45. The first kappa shape index (κ1) is 14.2. The van der Waals surface area contributed by atoms with Gasteiger partial charge in [0.1, 0.15) is 17.6 Å². The van der Waals surface area contributed by atoms with Gasteiger partial charge in [0.15, 0.2) is 0 Å². The van der Waals surface area contributed by atoms with Gasteiger partial charge in [-0.3, -0.25) is 0 Å². The van der Waals surface area contributed by atoms with Crippen LogP contribution >= 0.6 is 0 Å². The molecule has 1 aliphatic rings. The normalized spacial score (nSPS) is 29.7. The maximum Gasteiger partial charge on any atom is 0.120 e. The van der Waals surface area contributed by atoms with Crippen molar-refractivity contribution < 1.29 is 9.47 Å². The van der Waals surface area contributed by atoms with Gasteiger partial charge in [0, 0.05) is 17.9 Å². The van der Waals surface area contributed by atoms with Crippen molar-refractivity contribution in [3.05, 3.63) is 24.3 Å². The number of hydrogen-bond acceptors (Lipinski definition) is 3. The van der Waals surface area contributed by atoms with Gasteiger partial charge in [-0.2, -0.15) is 0 Å². The van der Waals surface area contributed by atoms with Gasteiger partial charge >= 0.3 is 0 Å². The maximum absolute atomic E-state index is 6.13. The van der Waals surface area contributed by atoms with E-state index in [1.807, 2.05) is 38.2 Å². The second kappa shape index (κ2) is 5.83. The molecule has 0 spiro atoms. The molecule has 1 aromatic rings. The molecule has 2 rings (SSSR count). The highest BCUT2D eigenvalue weighted by molar-refractivity contribution is 5.31. The molecule has 19 heavy (non-hydrogen) atoms. The molecule has 0 saturated heterocycles. The van der Waals surface area contributed by atoms with E-state index >= 15 is 0 Å². The quantitative estimate of drug-likeness (QED) is 0.854. The molecule has 0 aliphatic heterocycles. The van der Waals surface area contributed by atoms with Gasteiger partial charge in [0.25, 0.3) is 0 Å². The fourth-order valence-corrected chi connectivity index (χ4v) is 2.87. The molecule has 1 fully saturated rings. The molecule has 0 heterocycles. The largest absolute Gasteiger partial charge is 0.494 e. The zero-order valence-corrected chi connectivity index (χ0v) is 12.4. The minimum atomic E-state index is 0.230. The summed E-state index contributed by atoms with van der Waals surface area (Å²) in [6.07, 6.45) is 2.50. The molecule has 3 heteroatoms. The molecule has 1 aromatic carbocycles. The van der Waals surface area contributed by atoms with Crippen molar-refractivity contribution in [1.82, 2.24) is 5.32 Å². The summed E-state index contributed by atoms with van der Waals surface area (Å²) in [7, 11) is 2.03. The van der Waals surface area contributed by atoms with Gasteiger partial charge in [0.2, 0.25) is 0 Å². The van der Waals surface area contributed by atoms with E-state index < -0.39 is 0 Å². The van der Waals surface area contributed by atoms with Crippen molar-refractivity contribution in [3.63, 3.8) is 0 Å². The standard InChI is InChI=1S/C16H25NO2/c1-5-16(3)14(17-4)11-15(16)19-13-9-7-12(8-10-13)18-6-2/h7-10,14-15,17H,5-6,11H2,1-4H3. The Morgan fingerprint density at radius 3 is 2.37 bits per heavy atom. The first-order valence-electron chi connectivity index (χ1n) is 7.20. The van der Waals surface area contributed by atoms with Gasteiger partial charge in [-0.25, -0.2) is 0 Å². The van der Waals surface area contributed by atoms with Crippen LogP contribution in [0, 0.1) is 5.41 Å². The van der Waals surface area contributed by atoms with E-state index in [1.54, 1.807) is 0 Å². The maximum atomic E-state index is 6.13. The third-order valence-corrected chi connectivity index (χ3v) is 4.50. The van der Waals surface area contributed by atoms with Crippen LogP contribution in [0.15, 0.2) is 24.3 Å². The molecule has 0 aromatic heterocycles. The fraction of sp³-hybridized carbons (Fsp3) is 0.625. The molecule has 106 valence electrons. The van der Waals surface area contributed by atoms with E-state index in [0.717, 1.165) is 24.3 Å². The Kier molecular flexibility index (Phi) is 4.35. The lowest BCUT2D eigenvalue weighted by atomic mass is 9.61. The van der Waals surface area contributed by atoms with E-state index in [1.165, 1.54) is 0 Å². The zero-order valence-electron chi connectivity index (χ0n) is 12.4. The minimum absolute atomic E-state index is 0.230. The first-order valence-corrected chi connectivity index (χ1v) is 7.20. The molecule has 0 radical (unpaired) electrons. The molecule has 1 aliphatic carbocycles. The predicted molar refractivity (Wildman–Crippen MR) is 77.9 cm³/mol. The topological polar surface area (TPSA) is 30.5 Å². The third-order valence-electron chi connectivity index (χ3n) is 4.50. The molecular formula is C16H25NO2. The first-order chi connectivity index (χ1) is 9.13. The Labute approximate surface area is 116 Å². The third kappa shape index (κ3) is 2.71. The van der Waals surface area contributed by atoms with Crippen LogP contribution in [0.1, 0.15) is 33.6 Å². The predicted octanol–water partition coefficient (Wildman–Crippen LogP) is 3.24. The molecule has 0 bridgehead atoms. The number of nitrogens with one attached hydrogen (secondary N) is 1. The van der Waals surface area contributed by atoms with Crippen LogP contribution in [0.4, 0.5) is 0 Å². The Morgan fingerprint density at radius 1 is 1.21 bits per heavy atom. The molecule has 1 N–H and O–H groups in total. The summed E-state index contributed by atoms with van der Waals surface area (Å²) in [4.78, 5) is 0. The van der Waals surface area contributed by atoms with Crippen molar-refractivity contribution in [2.45, 2.75) is 45.8 Å². The highest BCUT2D eigenvalue weighted by Crippen LogP contribution is 2.45. The summed E-state index contributed by atoms with van der Waals surface area (Å²) in [5.74, 6) is 1.83. The van der Waals surface area contributed by atoms with E-state index in [-0.39, 0.29) is 5.41 Å². The van der Waals surface area contributed by atoms with Crippen molar-refractivity contribution in [2.75, 3.05) is 13.7 Å². The van der Waals surface area contributed by atoms with Crippen molar-refractivity contribution in [3.8, 4) is 11.5 Å². The van der Waals surface area contributed by atoms with Gasteiger partial charge < -0.3 is 14.8 Å². The fourth-order valence-electron chi connectivity index (χ4n) is 2.87. The lowest BCUT2D eigenvalue weighted by Gasteiger charge is -2.53. The van der Waals surface area contributed by atoms with Crippen LogP contribution in [0.2, 0.25) is 0 Å². The van der Waals surface area contributed by atoms with E-state index in [9.17, 15) is 0 Å². The van der Waals surface area contributed by atoms with Crippen molar-refractivity contribution in [1.29, 1.82) is 0 Å². The molecule has 0 amide bonds. The lowest BCUT2D eigenvalue weighted by molar-refractivity contribution is -0.0677. The highest BCUT2D eigenvalue weighted by atomic mass is 16.5. The van der Waals surface area contributed by atoms with Gasteiger partial charge in [-0.1, -0.05) is 13.8 Å². The zero-order chi connectivity index (χ0) is 13.9. The lowest BCUT2D eigenvalue weighted by Crippen LogP contribution is -2.62. The van der Waals surface area contributed by atoms with Crippen LogP contribution in [-0.4, -0.2) is 25.8 Å². The number of ether oxygens (including phenoxy) is 2. The van der Waals surface area contributed by atoms with E-state index in [4.69, 9.17) is 9.47 Å². The Morgan fingerprint density at radius 2 is 1.84 bits per heavy atom. The second-order valence-electron chi connectivity index (χ2n) is 5.45. The Bertz CT molecular complexity index is 404. The SMILES string of the molecule is CCOc1ccc(OC2CC(NC)C2(C)CC)cc1. The molecular weight excluding hydrogens is 238 g/mol. The van der Waals surface area contributed by atoms with Crippen LogP contribution in [-0.2, 0) is 0 Å². The van der Waals surface area contributed by atoms with Crippen molar-refractivity contribution in [2.24, 2.45) is 5.41 Å². The summed E-state index contributed by atoms with van der Waals surface area (Å²) in [6.45, 7) is 7.22. The smallest absolute Gasteiger partial charge is 0.120 e. The number of benzene rings is 1. The Balaban J connectivity index is 1.98. The van der Waals surface area contributed by atoms with Crippen LogP contribution < -0.4 is 14.8 Å². The molecule has 1 saturated carbocycles.